The second-order valence-corrected chi connectivity index (χ2v) is 7.22. The molecule has 1 fully saturated rings. The maximum absolute atomic E-state index is 5.56. The lowest BCUT2D eigenvalue weighted by Crippen LogP contribution is -2.13. The fourth-order valence-corrected chi connectivity index (χ4v) is 3.84. The fraction of sp³-hybridized carbons (Fsp3) is 0.389. The van der Waals surface area contributed by atoms with Crippen LogP contribution in [0.2, 0.25) is 0 Å². The van der Waals surface area contributed by atoms with Crippen LogP contribution in [0, 0.1) is 6.92 Å². The molecule has 1 atom stereocenters. The molecule has 3 heterocycles. The molecule has 1 aromatic carbocycles. The third-order valence-electron chi connectivity index (χ3n) is 4.20. The van der Waals surface area contributed by atoms with E-state index in [0.29, 0.717) is 18.3 Å². The Labute approximate surface area is 150 Å². The summed E-state index contributed by atoms with van der Waals surface area (Å²) >= 11 is 1.70. The van der Waals surface area contributed by atoms with Gasteiger partial charge in [-0.3, -0.25) is 0 Å². The van der Waals surface area contributed by atoms with Crippen molar-refractivity contribution in [1.82, 2.24) is 20.4 Å². The minimum Gasteiger partial charge on any atom is -0.368 e. The standard InChI is InChI=1S/C18H20N4O2S/c1-12-5-2-3-6-14(12)18-20-10-13(25-18)9-19-11-16-21-17(24-22-16)15-7-4-8-23-15/h2-3,5-6,10,15,19H,4,7-9,11H2,1H3. The maximum atomic E-state index is 5.56. The Morgan fingerprint density at radius 3 is 3.04 bits per heavy atom. The molecule has 1 aliphatic heterocycles. The van der Waals surface area contributed by atoms with Crippen LogP contribution in [0.4, 0.5) is 0 Å². The number of benzene rings is 1. The van der Waals surface area contributed by atoms with Crippen molar-refractivity contribution in [2.24, 2.45) is 0 Å². The summed E-state index contributed by atoms with van der Waals surface area (Å²) in [5.74, 6) is 1.25. The average Bonchev–Trinajstić information content (AvgIpc) is 3.37. The van der Waals surface area contributed by atoms with Gasteiger partial charge in [0.2, 0.25) is 0 Å². The first-order valence-electron chi connectivity index (χ1n) is 8.45. The molecular weight excluding hydrogens is 336 g/mol. The monoisotopic (exact) mass is 356 g/mol. The molecule has 1 saturated heterocycles. The van der Waals surface area contributed by atoms with Crippen LogP contribution in [-0.2, 0) is 17.8 Å². The van der Waals surface area contributed by atoms with Crippen LogP contribution in [0.25, 0.3) is 10.6 Å². The number of rotatable bonds is 6. The Kier molecular flexibility index (Phi) is 4.87. The molecule has 130 valence electrons. The largest absolute Gasteiger partial charge is 0.368 e. The summed E-state index contributed by atoms with van der Waals surface area (Å²) in [5.41, 5.74) is 2.43. The maximum Gasteiger partial charge on any atom is 0.255 e. The smallest absolute Gasteiger partial charge is 0.255 e. The van der Waals surface area contributed by atoms with Crippen LogP contribution < -0.4 is 5.32 Å². The normalized spacial score (nSPS) is 17.2. The van der Waals surface area contributed by atoms with Crippen molar-refractivity contribution >= 4 is 11.3 Å². The highest BCUT2D eigenvalue weighted by Gasteiger charge is 2.23. The molecule has 0 aliphatic carbocycles. The Morgan fingerprint density at radius 1 is 1.28 bits per heavy atom. The van der Waals surface area contributed by atoms with Crippen LogP contribution >= 0.6 is 11.3 Å². The van der Waals surface area contributed by atoms with Gasteiger partial charge in [-0.2, -0.15) is 4.98 Å². The molecular formula is C18H20N4O2S. The first kappa shape index (κ1) is 16.4. The minimum absolute atomic E-state index is 0.0283. The van der Waals surface area contributed by atoms with Crippen LogP contribution in [0.1, 0.15) is 41.1 Å². The van der Waals surface area contributed by atoms with E-state index in [2.05, 4.69) is 39.5 Å². The Morgan fingerprint density at radius 2 is 2.20 bits per heavy atom. The zero-order valence-corrected chi connectivity index (χ0v) is 14.9. The molecule has 7 heteroatoms. The van der Waals surface area contributed by atoms with Crippen LogP contribution in [0.5, 0.6) is 0 Å². The van der Waals surface area contributed by atoms with Gasteiger partial charge in [0.25, 0.3) is 5.89 Å². The molecule has 3 aromatic rings. The molecule has 1 aliphatic rings. The summed E-state index contributed by atoms with van der Waals surface area (Å²) in [7, 11) is 0. The van der Waals surface area contributed by atoms with Gasteiger partial charge in [-0.25, -0.2) is 4.98 Å². The van der Waals surface area contributed by atoms with E-state index in [-0.39, 0.29) is 6.10 Å². The number of ether oxygens (including phenoxy) is 1. The molecule has 25 heavy (non-hydrogen) atoms. The first-order valence-corrected chi connectivity index (χ1v) is 9.27. The van der Waals surface area contributed by atoms with Crippen molar-refractivity contribution in [3.8, 4) is 10.6 Å². The van der Waals surface area contributed by atoms with E-state index in [9.17, 15) is 0 Å². The van der Waals surface area contributed by atoms with Gasteiger partial charge in [0.05, 0.1) is 6.54 Å². The van der Waals surface area contributed by atoms with E-state index < -0.39 is 0 Å². The van der Waals surface area contributed by atoms with Gasteiger partial charge in [-0.15, -0.1) is 11.3 Å². The number of aromatic nitrogens is 3. The van der Waals surface area contributed by atoms with Crippen LogP contribution in [-0.4, -0.2) is 21.7 Å². The van der Waals surface area contributed by atoms with Crippen molar-refractivity contribution < 1.29 is 9.26 Å². The number of hydrogen-bond acceptors (Lipinski definition) is 7. The SMILES string of the molecule is Cc1ccccc1-c1ncc(CNCc2noc(C3CCCO3)n2)s1. The van der Waals surface area contributed by atoms with Crippen molar-refractivity contribution in [2.45, 2.75) is 39.0 Å². The van der Waals surface area contributed by atoms with Gasteiger partial charge < -0.3 is 14.6 Å². The molecule has 6 nitrogen and oxygen atoms in total. The molecule has 4 rings (SSSR count). The van der Waals surface area contributed by atoms with E-state index in [4.69, 9.17) is 9.26 Å². The highest BCUT2D eigenvalue weighted by Crippen LogP contribution is 2.28. The summed E-state index contributed by atoms with van der Waals surface area (Å²) in [5, 5.41) is 8.41. The van der Waals surface area contributed by atoms with E-state index in [1.165, 1.54) is 16.0 Å². The summed E-state index contributed by atoms with van der Waals surface area (Å²) in [4.78, 5) is 10.1. The fourth-order valence-electron chi connectivity index (χ4n) is 2.87. The minimum atomic E-state index is -0.0283. The Hall–Kier alpha value is -2.09. The van der Waals surface area contributed by atoms with Crippen LogP contribution in [0.15, 0.2) is 35.0 Å². The number of hydrogen-bond donors (Lipinski definition) is 1. The molecule has 2 aromatic heterocycles. The average molecular weight is 356 g/mol. The van der Waals surface area contributed by atoms with E-state index >= 15 is 0 Å². The van der Waals surface area contributed by atoms with Gasteiger partial charge in [0, 0.05) is 29.8 Å². The number of thiazole rings is 1. The molecule has 1 N–H and O–H groups in total. The third-order valence-corrected chi connectivity index (χ3v) is 5.23. The molecule has 0 spiro atoms. The van der Waals surface area contributed by atoms with E-state index in [0.717, 1.165) is 31.0 Å². The lowest BCUT2D eigenvalue weighted by molar-refractivity contribution is 0.0835. The molecule has 0 saturated carbocycles. The summed E-state index contributed by atoms with van der Waals surface area (Å²) < 4.78 is 10.8. The van der Waals surface area contributed by atoms with E-state index in [1.54, 1.807) is 11.3 Å². The zero-order chi connectivity index (χ0) is 17.1. The third kappa shape index (κ3) is 3.78. The van der Waals surface area contributed by atoms with Gasteiger partial charge >= 0.3 is 0 Å². The molecule has 0 amide bonds. The highest BCUT2D eigenvalue weighted by molar-refractivity contribution is 7.15. The van der Waals surface area contributed by atoms with Gasteiger partial charge in [-0.1, -0.05) is 29.4 Å². The predicted molar refractivity (Wildman–Crippen MR) is 95.1 cm³/mol. The lowest BCUT2D eigenvalue weighted by Gasteiger charge is -2.01. The van der Waals surface area contributed by atoms with Crippen molar-refractivity contribution in [1.29, 1.82) is 0 Å². The molecule has 1 unspecified atom stereocenters. The number of nitrogens with one attached hydrogen (secondary N) is 1. The topological polar surface area (TPSA) is 73.1 Å². The first-order chi connectivity index (χ1) is 12.3. The van der Waals surface area contributed by atoms with E-state index in [1.807, 2.05) is 18.3 Å². The summed E-state index contributed by atoms with van der Waals surface area (Å²) in [6.45, 7) is 4.17. The zero-order valence-electron chi connectivity index (χ0n) is 14.1. The van der Waals surface area contributed by atoms with Crippen LogP contribution in [0.3, 0.4) is 0 Å². The van der Waals surface area contributed by atoms with Crippen molar-refractivity contribution in [3.63, 3.8) is 0 Å². The second kappa shape index (κ2) is 7.43. The highest BCUT2D eigenvalue weighted by atomic mass is 32.1. The molecule has 0 radical (unpaired) electrons. The quantitative estimate of drug-likeness (QED) is 0.727. The van der Waals surface area contributed by atoms with Gasteiger partial charge in [0.1, 0.15) is 11.1 Å². The Balaban J connectivity index is 1.33. The van der Waals surface area contributed by atoms with Gasteiger partial charge in [0.15, 0.2) is 5.82 Å². The summed E-state index contributed by atoms with van der Waals surface area (Å²) in [6.07, 6.45) is 3.90. The predicted octanol–water partition coefficient (Wildman–Crippen LogP) is 3.64. The second-order valence-electron chi connectivity index (χ2n) is 6.10. The number of aryl methyl sites for hydroxylation is 1. The van der Waals surface area contributed by atoms with Crippen molar-refractivity contribution in [2.75, 3.05) is 6.61 Å². The van der Waals surface area contributed by atoms with Gasteiger partial charge in [-0.05, 0) is 25.3 Å². The summed E-state index contributed by atoms with van der Waals surface area (Å²) in [6, 6.07) is 8.31. The molecule has 0 bridgehead atoms. The number of nitrogens with zero attached hydrogens (tertiary/aromatic N) is 3. The Bertz CT molecular complexity index is 839. The lowest BCUT2D eigenvalue weighted by atomic mass is 10.1. The van der Waals surface area contributed by atoms with Crippen molar-refractivity contribution in [3.05, 3.63) is 52.6 Å².